The summed E-state index contributed by atoms with van der Waals surface area (Å²) in [5, 5.41) is 10.5. The first kappa shape index (κ1) is 11.5. The van der Waals surface area contributed by atoms with E-state index in [1.165, 1.54) is 17.7 Å². The van der Waals surface area contributed by atoms with E-state index < -0.39 is 5.97 Å². The highest BCUT2D eigenvalue weighted by molar-refractivity contribution is 5.84. The van der Waals surface area contributed by atoms with Crippen molar-refractivity contribution >= 4 is 11.9 Å². The highest BCUT2D eigenvalue weighted by atomic mass is 16.4. The Balaban J connectivity index is 1.64. The summed E-state index contributed by atoms with van der Waals surface area (Å²) in [5.41, 5.74) is 3.35. The molecule has 1 saturated heterocycles. The molecule has 0 aromatic carbocycles. The van der Waals surface area contributed by atoms with Crippen molar-refractivity contribution in [2.24, 2.45) is 5.92 Å². The molecular formula is C12H17N3O3. The van der Waals surface area contributed by atoms with Gasteiger partial charge in [-0.15, -0.1) is 0 Å². The standard InChI is InChI=1S/C12H17N3O3/c16-11(17)3-4-14-5-6-15-10(12(14)18)7-9(13-15)8-1-2-8/h5-6,8-10,13H,1-4,7H2,(H,16,17). The van der Waals surface area contributed by atoms with Gasteiger partial charge >= 0.3 is 5.97 Å². The van der Waals surface area contributed by atoms with Crippen LogP contribution in [0.15, 0.2) is 12.4 Å². The molecule has 18 heavy (non-hydrogen) atoms. The molecule has 3 aliphatic rings. The van der Waals surface area contributed by atoms with E-state index in [1.54, 1.807) is 6.20 Å². The third kappa shape index (κ3) is 2.08. The zero-order valence-electron chi connectivity index (χ0n) is 10.1. The number of carboxylic acid groups (broad SMARTS) is 1. The van der Waals surface area contributed by atoms with Gasteiger partial charge in [0.05, 0.1) is 6.42 Å². The Morgan fingerprint density at radius 2 is 2.22 bits per heavy atom. The Kier molecular flexibility index (Phi) is 2.74. The molecule has 2 heterocycles. The summed E-state index contributed by atoms with van der Waals surface area (Å²) in [5.74, 6) is -0.155. The van der Waals surface area contributed by atoms with Crippen molar-refractivity contribution in [3.05, 3.63) is 12.4 Å². The van der Waals surface area contributed by atoms with Gasteiger partial charge in [-0.1, -0.05) is 0 Å². The lowest BCUT2D eigenvalue weighted by Crippen LogP contribution is -2.48. The molecule has 3 rings (SSSR count). The van der Waals surface area contributed by atoms with Gasteiger partial charge in [-0.2, -0.15) is 0 Å². The molecule has 0 aromatic heterocycles. The average Bonchev–Trinajstić information content (AvgIpc) is 3.08. The Morgan fingerprint density at radius 3 is 2.89 bits per heavy atom. The van der Waals surface area contributed by atoms with Gasteiger partial charge < -0.3 is 15.0 Å². The second-order valence-corrected chi connectivity index (χ2v) is 5.21. The highest BCUT2D eigenvalue weighted by Gasteiger charge is 2.44. The summed E-state index contributed by atoms with van der Waals surface area (Å²) < 4.78 is 0. The third-order valence-corrected chi connectivity index (χ3v) is 3.86. The Labute approximate surface area is 105 Å². The van der Waals surface area contributed by atoms with Crippen LogP contribution in [0.4, 0.5) is 0 Å². The molecule has 2 N–H and O–H groups in total. The second kappa shape index (κ2) is 4.28. The molecule has 2 unspecified atom stereocenters. The number of hydrazine groups is 1. The number of carboxylic acids is 1. The van der Waals surface area contributed by atoms with Crippen molar-refractivity contribution in [1.29, 1.82) is 0 Å². The van der Waals surface area contributed by atoms with E-state index in [0.29, 0.717) is 12.0 Å². The van der Waals surface area contributed by atoms with E-state index in [4.69, 9.17) is 5.11 Å². The maximum absolute atomic E-state index is 12.2. The first-order valence-corrected chi connectivity index (χ1v) is 6.40. The fraction of sp³-hybridized carbons (Fsp3) is 0.667. The topological polar surface area (TPSA) is 72.9 Å². The maximum Gasteiger partial charge on any atom is 0.305 e. The fourth-order valence-corrected chi connectivity index (χ4v) is 2.67. The van der Waals surface area contributed by atoms with E-state index in [1.807, 2.05) is 11.2 Å². The third-order valence-electron chi connectivity index (χ3n) is 3.86. The number of hydrogen-bond donors (Lipinski definition) is 2. The van der Waals surface area contributed by atoms with Gasteiger partial charge in [0.15, 0.2) is 0 Å². The molecule has 0 radical (unpaired) electrons. The van der Waals surface area contributed by atoms with Crippen LogP contribution in [0.1, 0.15) is 25.7 Å². The molecular weight excluding hydrogens is 234 g/mol. The van der Waals surface area contributed by atoms with Crippen LogP contribution in [0.25, 0.3) is 0 Å². The van der Waals surface area contributed by atoms with Crippen LogP contribution in [0.3, 0.4) is 0 Å². The number of carbonyl (C=O) groups excluding carboxylic acids is 1. The van der Waals surface area contributed by atoms with Gasteiger partial charge in [0.2, 0.25) is 0 Å². The zero-order chi connectivity index (χ0) is 12.7. The zero-order valence-corrected chi connectivity index (χ0v) is 10.1. The minimum atomic E-state index is -0.876. The van der Waals surface area contributed by atoms with Gasteiger partial charge in [-0.3, -0.25) is 9.59 Å². The summed E-state index contributed by atoms with van der Waals surface area (Å²) in [4.78, 5) is 24.3. The summed E-state index contributed by atoms with van der Waals surface area (Å²) in [7, 11) is 0. The molecule has 2 atom stereocenters. The Hall–Kier alpha value is -1.56. The van der Waals surface area contributed by atoms with Crippen LogP contribution in [0, 0.1) is 5.92 Å². The van der Waals surface area contributed by atoms with Crippen molar-refractivity contribution < 1.29 is 14.7 Å². The van der Waals surface area contributed by atoms with Gasteiger partial charge in [0.25, 0.3) is 5.91 Å². The normalized spacial score (nSPS) is 30.8. The van der Waals surface area contributed by atoms with Gasteiger partial charge in [-0.05, 0) is 25.2 Å². The summed E-state index contributed by atoms with van der Waals surface area (Å²) in [6, 6.07) is 0.248. The lowest BCUT2D eigenvalue weighted by molar-refractivity contribution is -0.139. The minimum absolute atomic E-state index is 0.00870. The van der Waals surface area contributed by atoms with Crippen LogP contribution >= 0.6 is 0 Å². The molecule has 0 spiro atoms. The largest absolute Gasteiger partial charge is 0.481 e. The van der Waals surface area contributed by atoms with Crippen LogP contribution < -0.4 is 5.43 Å². The smallest absolute Gasteiger partial charge is 0.305 e. The van der Waals surface area contributed by atoms with Gasteiger partial charge in [-0.25, -0.2) is 5.43 Å². The number of nitrogens with zero attached hydrogens (tertiary/aromatic N) is 2. The molecule has 1 saturated carbocycles. The number of carbonyl (C=O) groups is 2. The molecule has 6 heteroatoms. The molecule has 0 aromatic rings. The van der Waals surface area contributed by atoms with Crippen molar-refractivity contribution in [2.75, 3.05) is 6.54 Å². The number of fused-ring (bicyclic) bond motifs is 1. The van der Waals surface area contributed by atoms with Crippen molar-refractivity contribution in [1.82, 2.24) is 15.3 Å². The molecule has 0 bridgehead atoms. The first-order chi connectivity index (χ1) is 8.65. The monoisotopic (exact) mass is 251 g/mol. The number of rotatable bonds is 4. The molecule has 1 amide bonds. The van der Waals surface area contributed by atoms with Crippen LogP contribution in [-0.2, 0) is 9.59 Å². The van der Waals surface area contributed by atoms with Crippen molar-refractivity contribution in [3.8, 4) is 0 Å². The predicted molar refractivity (Wildman–Crippen MR) is 63.0 cm³/mol. The number of nitrogens with one attached hydrogen (secondary N) is 1. The first-order valence-electron chi connectivity index (χ1n) is 6.40. The van der Waals surface area contributed by atoms with Crippen LogP contribution in [0.2, 0.25) is 0 Å². The molecule has 2 fully saturated rings. The Morgan fingerprint density at radius 1 is 1.44 bits per heavy atom. The summed E-state index contributed by atoms with van der Waals surface area (Å²) >= 11 is 0. The van der Waals surface area contributed by atoms with Gasteiger partial charge in [0, 0.05) is 25.0 Å². The lowest BCUT2D eigenvalue weighted by atomic mass is 10.0. The molecule has 6 nitrogen and oxygen atoms in total. The maximum atomic E-state index is 12.2. The SMILES string of the molecule is O=C(O)CCN1C=CN2NC(C3CC3)CC2C1=O. The van der Waals surface area contributed by atoms with Crippen molar-refractivity contribution in [2.45, 2.75) is 37.8 Å². The minimum Gasteiger partial charge on any atom is -0.481 e. The molecule has 1 aliphatic carbocycles. The lowest BCUT2D eigenvalue weighted by Gasteiger charge is -2.31. The number of hydrogen-bond acceptors (Lipinski definition) is 4. The van der Waals surface area contributed by atoms with E-state index in [0.717, 1.165) is 6.42 Å². The number of aliphatic carboxylic acids is 1. The number of amides is 1. The van der Waals surface area contributed by atoms with E-state index in [2.05, 4.69) is 5.43 Å². The van der Waals surface area contributed by atoms with E-state index >= 15 is 0 Å². The van der Waals surface area contributed by atoms with Crippen LogP contribution in [-0.4, -0.2) is 45.5 Å². The fourth-order valence-electron chi connectivity index (χ4n) is 2.67. The van der Waals surface area contributed by atoms with Crippen molar-refractivity contribution in [3.63, 3.8) is 0 Å². The summed E-state index contributed by atoms with van der Waals surface area (Å²) in [6.07, 6.45) is 6.83. The van der Waals surface area contributed by atoms with Gasteiger partial charge in [0.1, 0.15) is 6.04 Å². The molecule has 98 valence electrons. The molecule has 2 aliphatic heterocycles. The van der Waals surface area contributed by atoms with E-state index in [9.17, 15) is 9.59 Å². The highest BCUT2D eigenvalue weighted by Crippen LogP contribution is 2.38. The van der Waals surface area contributed by atoms with Crippen LogP contribution in [0.5, 0.6) is 0 Å². The quantitative estimate of drug-likeness (QED) is 0.743. The second-order valence-electron chi connectivity index (χ2n) is 5.21. The summed E-state index contributed by atoms with van der Waals surface area (Å²) in [6.45, 7) is 0.253. The predicted octanol–water partition coefficient (Wildman–Crippen LogP) is 0.132. The van der Waals surface area contributed by atoms with E-state index in [-0.39, 0.29) is 24.9 Å². The Bertz CT molecular complexity index is 405. The average molecular weight is 251 g/mol.